The van der Waals surface area contributed by atoms with E-state index in [0.717, 1.165) is 5.69 Å². The van der Waals surface area contributed by atoms with Crippen LogP contribution in [0.1, 0.15) is 44.9 Å². The van der Waals surface area contributed by atoms with Crippen molar-refractivity contribution >= 4 is 34.7 Å². The fourth-order valence-corrected chi connectivity index (χ4v) is 2.59. The molecule has 0 aliphatic heterocycles. The largest absolute Gasteiger partial charge is 0.340 e. The van der Waals surface area contributed by atoms with Gasteiger partial charge < -0.3 is 10.6 Å². The van der Waals surface area contributed by atoms with Gasteiger partial charge in [-0.15, -0.1) is 0 Å². The average Bonchev–Trinajstić information content (AvgIpc) is 2.69. The molecule has 0 spiro atoms. The van der Waals surface area contributed by atoms with Gasteiger partial charge in [0.2, 0.25) is 0 Å². The molecular formula is C22H19N3O3. The minimum absolute atomic E-state index is 0.0162. The quantitative estimate of drug-likeness (QED) is 0.622. The van der Waals surface area contributed by atoms with Gasteiger partial charge in [-0.3, -0.25) is 14.4 Å². The summed E-state index contributed by atoms with van der Waals surface area (Å²) < 4.78 is 0. The number of carbonyl (C=O) groups is 3. The predicted octanol–water partition coefficient (Wildman–Crippen LogP) is 4.48. The summed E-state index contributed by atoms with van der Waals surface area (Å²) in [6, 6.07) is 17.2. The Balaban J connectivity index is 1.69. The molecule has 0 aliphatic rings. The van der Waals surface area contributed by atoms with Crippen molar-refractivity contribution in [2.75, 3.05) is 10.6 Å². The first-order valence-electron chi connectivity index (χ1n) is 8.69. The Kier molecular flexibility index (Phi) is 5.60. The second-order valence-corrected chi connectivity index (χ2v) is 6.29. The molecule has 0 fully saturated rings. The van der Waals surface area contributed by atoms with Gasteiger partial charge in [-0.2, -0.15) is 0 Å². The van der Waals surface area contributed by atoms with Crippen LogP contribution in [0.3, 0.4) is 0 Å². The highest BCUT2D eigenvalue weighted by molar-refractivity contribution is 6.05. The molecular weight excluding hydrogens is 354 g/mol. The topological polar surface area (TPSA) is 88.2 Å². The number of Topliss-reactive ketones (excluding diaryl/α,β-unsaturated/α-hetero) is 2. The first kappa shape index (κ1) is 19.0. The van der Waals surface area contributed by atoms with Gasteiger partial charge >= 0.3 is 0 Å². The summed E-state index contributed by atoms with van der Waals surface area (Å²) in [5, 5.41) is 5.86. The van der Waals surface area contributed by atoms with Gasteiger partial charge in [-0.1, -0.05) is 24.3 Å². The number of benzene rings is 2. The standard InChI is InChI=1S/C22H19N3O3/c1-14(26)16-5-3-7-19(11-16)24-21-10-9-18(13-23-21)22(28)25-20-8-4-6-17(12-20)15(2)27/h3-13H,1-2H3,(H,23,24)(H,25,28). The number of pyridine rings is 1. The molecule has 6 nitrogen and oxygen atoms in total. The Morgan fingerprint density at radius 3 is 1.93 bits per heavy atom. The Morgan fingerprint density at radius 1 is 0.750 bits per heavy atom. The lowest BCUT2D eigenvalue weighted by atomic mass is 10.1. The van der Waals surface area contributed by atoms with Gasteiger partial charge in [-0.25, -0.2) is 4.98 Å². The SMILES string of the molecule is CC(=O)c1cccc(NC(=O)c2ccc(Nc3cccc(C(C)=O)c3)nc2)c1. The molecule has 0 saturated heterocycles. The highest BCUT2D eigenvalue weighted by atomic mass is 16.1. The van der Waals surface area contributed by atoms with Crippen LogP contribution < -0.4 is 10.6 Å². The Morgan fingerprint density at radius 2 is 1.36 bits per heavy atom. The molecule has 1 amide bonds. The van der Waals surface area contributed by atoms with Crippen molar-refractivity contribution in [3.05, 3.63) is 83.6 Å². The van der Waals surface area contributed by atoms with Crippen LogP contribution in [0.2, 0.25) is 0 Å². The second-order valence-electron chi connectivity index (χ2n) is 6.29. The van der Waals surface area contributed by atoms with Gasteiger partial charge in [0, 0.05) is 28.7 Å². The first-order chi connectivity index (χ1) is 13.4. The number of aromatic nitrogens is 1. The number of carbonyl (C=O) groups excluding carboxylic acids is 3. The summed E-state index contributed by atoms with van der Waals surface area (Å²) in [6.45, 7) is 2.99. The highest BCUT2D eigenvalue weighted by Crippen LogP contribution is 2.17. The van der Waals surface area contributed by atoms with Crippen LogP contribution in [0.4, 0.5) is 17.2 Å². The van der Waals surface area contributed by atoms with E-state index in [1.54, 1.807) is 54.6 Å². The highest BCUT2D eigenvalue weighted by Gasteiger charge is 2.09. The minimum atomic E-state index is -0.321. The molecule has 0 atom stereocenters. The van der Waals surface area contributed by atoms with Gasteiger partial charge in [0.15, 0.2) is 11.6 Å². The lowest BCUT2D eigenvalue weighted by molar-refractivity contribution is 0.100. The number of anilines is 3. The fraction of sp³-hybridized carbons (Fsp3) is 0.0909. The molecule has 0 bridgehead atoms. The molecule has 0 aliphatic carbocycles. The first-order valence-corrected chi connectivity index (χ1v) is 8.69. The molecule has 2 N–H and O–H groups in total. The molecule has 0 unspecified atom stereocenters. The van der Waals surface area contributed by atoms with E-state index < -0.39 is 0 Å². The van der Waals surface area contributed by atoms with Crippen LogP contribution in [-0.2, 0) is 0 Å². The molecule has 0 radical (unpaired) electrons. The number of amides is 1. The lowest BCUT2D eigenvalue weighted by Gasteiger charge is -2.09. The summed E-state index contributed by atoms with van der Waals surface area (Å²) in [7, 11) is 0. The van der Waals surface area contributed by atoms with Crippen LogP contribution in [0.25, 0.3) is 0 Å². The lowest BCUT2D eigenvalue weighted by Crippen LogP contribution is -2.12. The number of hydrogen-bond acceptors (Lipinski definition) is 5. The summed E-state index contributed by atoms with van der Waals surface area (Å²) in [5.41, 5.74) is 2.80. The summed E-state index contributed by atoms with van der Waals surface area (Å²) >= 11 is 0. The molecule has 3 aromatic rings. The zero-order chi connectivity index (χ0) is 20.1. The normalized spacial score (nSPS) is 10.2. The van der Waals surface area contributed by atoms with Gasteiger partial charge in [0.1, 0.15) is 5.82 Å². The summed E-state index contributed by atoms with van der Waals surface area (Å²) in [4.78, 5) is 39.6. The van der Waals surface area contributed by atoms with Crippen molar-refractivity contribution in [1.29, 1.82) is 0 Å². The predicted molar refractivity (Wildman–Crippen MR) is 108 cm³/mol. The smallest absolute Gasteiger partial charge is 0.257 e. The Hall–Kier alpha value is -3.80. The van der Waals surface area contributed by atoms with E-state index in [4.69, 9.17) is 0 Å². The maximum atomic E-state index is 12.4. The molecule has 140 valence electrons. The third kappa shape index (κ3) is 4.67. The number of nitrogens with zero attached hydrogens (tertiary/aromatic N) is 1. The zero-order valence-electron chi connectivity index (χ0n) is 15.5. The minimum Gasteiger partial charge on any atom is -0.340 e. The van der Waals surface area contributed by atoms with Crippen molar-refractivity contribution < 1.29 is 14.4 Å². The van der Waals surface area contributed by atoms with E-state index >= 15 is 0 Å². The summed E-state index contributed by atoms with van der Waals surface area (Å²) in [5.74, 6) is 0.147. The molecule has 0 saturated carbocycles. The molecule has 28 heavy (non-hydrogen) atoms. The number of ketones is 2. The molecule has 2 aromatic carbocycles. The number of nitrogens with one attached hydrogen (secondary N) is 2. The van der Waals surface area contributed by atoms with Crippen molar-refractivity contribution in [1.82, 2.24) is 4.98 Å². The van der Waals surface area contributed by atoms with E-state index in [0.29, 0.717) is 28.2 Å². The number of rotatable bonds is 6. The van der Waals surface area contributed by atoms with Crippen LogP contribution >= 0.6 is 0 Å². The van der Waals surface area contributed by atoms with E-state index in [-0.39, 0.29) is 17.5 Å². The monoisotopic (exact) mass is 373 g/mol. The molecule has 1 aromatic heterocycles. The third-order valence-electron chi connectivity index (χ3n) is 4.09. The van der Waals surface area contributed by atoms with E-state index in [9.17, 15) is 14.4 Å². The van der Waals surface area contributed by atoms with Crippen molar-refractivity contribution in [2.24, 2.45) is 0 Å². The van der Waals surface area contributed by atoms with Crippen LogP contribution in [0, 0.1) is 0 Å². The average molecular weight is 373 g/mol. The van der Waals surface area contributed by atoms with Crippen molar-refractivity contribution in [3.8, 4) is 0 Å². The van der Waals surface area contributed by atoms with E-state index in [1.165, 1.54) is 20.0 Å². The third-order valence-corrected chi connectivity index (χ3v) is 4.09. The second kappa shape index (κ2) is 8.26. The maximum absolute atomic E-state index is 12.4. The van der Waals surface area contributed by atoms with Gasteiger partial charge in [-0.05, 0) is 50.2 Å². The van der Waals surface area contributed by atoms with Crippen LogP contribution in [-0.4, -0.2) is 22.5 Å². The van der Waals surface area contributed by atoms with Crippen molar-refractivity contribution in [3.63, 3.8) is 0 Å². The Bertz CT molecular complexity index is 1040. The van der Waals surface area contributed by atoms with Crippen LogP contribution in [0.5, 0.6) is 0 Å². The molecule has 1 heterocycles. The molecule has 6 heteroatoms. The molecule has 3 rings (SSSR count). The Labute approximate surface area is 162 Å². The van der Waals surface area contributed by atoms with Crippen molar-refractivity contribution in [2.45, 2.75) is 13.8 Å². The summed E-state index contributed by atoms with van der Waals surface area (Å²) in [6.07, 6.45) is 1.46. The van der Waals surface area contributed by atoms with Gasteiger partial charge in [0.25, 0.3) is 5.91 Å². The van der Waals surface area contributed by atoms with Crippen LogP contribution in [0.15, 0.2) is 66.9 Å². The maximum Gasteiger partial charge on any atom is 0.257 e. The fourth-order valence-electron chi connectivity index (χ4n) is 2.59. The van der Waals surface area contributed by atoms with E-state index in [1.807, 2.05) is 6.07 Å². The van der Waals surface area contributed by atoms with Gasteiger partial charge in [0.05, 0.1) is 5.56 Å². The van der Waals surface area contributed by atoms with E-state index in [2.05, 4.69) is 15.6 Å². The zero-order valence-corrected chi connectivity index (χ0v) is 15.5. The number of hydrogen-bond donors (Lipinski definition) is 2.